The molecule has 15 heteroatoms. The lowest BCUT2D eigenvalue weighted by Crippen LogP contribution is -2.57. The fourth-order valence-electron chi connectivity index (χ4n) is 5.27. The molecular formula is C31H33F2N4O6PS2. The molecule has 2 aromatic heterocycles. The summed E-state index contributed by atoms with van der Waals surface area (Å²) in [5, 5.41) is 8.14. The molecule has 244 valence electrons. The number of aromatic nitrogens is 1. The topological polar surface area (TPSA) is 149 Å². The standard InChI is InChI=1S/C31H33F2N4O6PS2/c1-30(2,3)25(35-27(39)24-16-19-15-20(11-12-23(19)46-24)31(32,33)44(41,42)43)28(40)37-13-7-10-22(37)26(38)36-29-34-21(17-45-29)14-18-8-5-4-6-9-18/h4-6,8-9,11-12,15-17,22,25H,7,10,13-14H2,1-3H3,(H,35,39)(H,34,36,38)(H2,41,42,43)/t22-,25?/m0/s1. The molecule has 1 fully saturated rings. The molecule has 2 atom stereocenters. The van der Waals surface area contributed by atoms with E-state index in [0.29, 0.717) is 35.6 Å². The summed E-state index contributed by atoms with van der Waals surface area (Å²) in [5.74, 6) is -1.41. The van der Waals surface area contributed by atoms with Gasteiger partial charge in [-0.05, 0) is 47.4 Å². The van der Waals surface area contributed by atoms with Crippen molar-refractivity contribution in [2.75, 3.05) is 11.9 Å². The van der Waals surface area contributed by atoms with Gasteiger partial charge in [0, 0.05) is 28.6 Å². The van der Waals surface area contributed by atoms with Crippen LogP contribution in [0.1, 0.15) is 60.1 Å². The summed E-state index contributed by atoms with van der Waals surface area (Å²) < 4.78 is 40.3. The Morgan fingerprint density at radius 2 is 1.83 bits per heavy atom. The second-order valence-electron chi connectivity index (χ2n) is 12.2. The molecule has 10 nitrogen and oxygen atoms in total. The smallest absolute Gasteiger partial charge is 0.339 e. The number of rotatable bonds is 9. The highest BCUT2D eigenvalue weighted by molar-refractivity contribution is 7.52. The molecule has 1 saturated heterocycles. The van der Waals surface area contributed by atoms with Crippen molar-refractivity contribution in [2.24, 2.45) is 5.41 Å². The summed E-state index contributed by atoms with van der Waals surface area (Å²) in [7, 11) is -5.77. The van der Waals surface area contributed by atoms with Gasteiger partial charge in [-0.2, -0.15) is 8.78 Å². The van der Waals surface area contributed by atoms with Gasteiger partial charge in [0.15, 0.2) is 5.13 Å². The second kappa shape index (κ2) is 12.9. The van der Waals surface area contributed by atoms with E-state index in [0.717, 1.165) is 34.7 Å². The molecule has 4 N–H and O–H groups in total. The highest BCUT2D eigenvalue weighted by Crippen LogP contribution is 2.59. The van der Waals surface area contributed by atoms with Crippen molar-refractivity contribution >= 4 is 63.2 Å². The molecule has 1 aliphatic rings. The Morgan fingerprint density at radius 3 is 2.50 bits per heavy atom. The van der Waals surface area contributed by atoms with E-state index in [4.69, 9.17) is 9.79 Å². The number of thiazole rings is 1. The van der Waals surface area contributed by atoms with Gasteiger partial charge < -0.3 is 25.3 Å². The first kappa shape index (κ1) is 33.8. The number of carbonyl (C=O) groups excluding carboxylic acids is 3. The Hall–Kier alpha value is -3.55. The van der Waals surface area contributed by atoms with E-state index in [-0.39, 0.29) is 16.2 Å². The number of nitrogens with one attached hydrogen (secondary N) is 2. The SMILES string of the molecule is CC(C)(C)C(NC(=O)c1cc2cc(C(F)(F)P(=O)(O)O)ccc2s1)C(=O)N1CCC[C@H]1C(=O)Nc1nc(Cc2ccccc2)cs1. The molecule has 3 heterocycles. The molecule has 4 aromatic rings. The number of hydrogen-bond donors (Lipinski definition) is 4. The van der Waals surface area contributed by atoms with Crippen LogP contribution in [-0.4, -0.2) is 56.0 Å². The van der Waals surface area contributed by atoms with E-state index in [2.05, 4.69) is 15.6 Å². The van der Waals surface area contributed by atoms with Gasteiger partial charge in [0.05, 0.1) is 10.6 Å². The van der Waals surface area contributed by atoms with E-state index in [1.54, 1.807) is 20.8 Å². The number of anilines is 1. The van der Waals surface area contributed by atoms with Crippen molar-refractivity contribution in [1.29, 1.82) is 0 Å². The van der Waals surface area contributed by atoms with Crippen LogP contribution in [0.25, 0.3) is 10.1 Å². The lowest BCUT2D eigenvalue weighted by atomic mass is 9.85. The zero-order chi connectivity index (χ0) is 33.4. The Morgan fingerprint density at radius 1 is 1.11 bits per heavy atom. The zero-order valence-corrected chi connectivity index (χ0v) is 27.7. The number of carbonyl (C=O) groups is 3. The molecule has 3 amide bonds. The molecule has 0 bridgehead atoms. The van der Waals surface area contributed by atoms with Crippen LogP contribution in [0, 0.1) is 5.41 Å². The van der Waals surface area contributed by atoms with Gasteiger partial charge in [-0.1, -0.05) is 57.2 Å². The number of halogens is 2. The quantitative estimate of drug-likeness (QED) is 0.159. The number of fused-ring (bicyclic) bond motifs is 1. The molecule has 5 rings (SSSR count). The summed E-state index contributed by atoms with van der Waals surface area (Å²) in [6, 6.07) is 12.5. The van der Waals surface area contributed by atoms with Crippen molar-refractivity contribution < 1.29 is 37.5 Å². The molecule has 1 aliphatic heterocycles. The van der Waals surface area contributed by atoms with Crippen LogP contribution in [0.5, 0.6) is 0 Å². The van der Waals surface area contributed by atoms with Crippen LogP contribution >= 0.6 is 30.3 Å². The van der Waals surface area contributed by atoms with Crippen LogP contribution in [0.4, 0.5) is 13.9 Å². The van der Waals surface area contributed by atoms with Crippen molar-refractivity contribution in [3.05, 3.63) is 81.7 Å². The Kier molecular flexibility index (Phi) is 9.49. The number of hydrogen-bond acceptors (Lipinski definition) is 7. The van der Waals surface area contributed by atoms with Crippen molar-refractivity contribution in [3.63, 3.8) is 0 Å². The number of alkyl halides is 2. The van der Waals surface area contributed by atoms with Gasteiger partial charge in [0.1, 0.15) is 12.1 Å². The van der Waals surface area contributed by atoms with Crippen molar-refractivity contribution in [1.82, 2.24) is 15.2 Å². The third kappa shape index (κ3) is 7.21. The first-order chi connectivity index (χ1) is 21.5. The average molecular weight is 691 g/mol. The Bertz CT molecular complexity index is 1820. The van der Waals surface area contributed by atoms with Gasteiger partial charge in [-0.3, -0.25) is 18.9 Å². The van der Waals surface area contributed by atoms with E-state index < -0.39 is 48.1 Å². The first-order valence-electron chi connectivity index (χ1n) is 14.4. The Balaban J connectivity index is 1.29. The number of benzene rings is 2. The van der Waals surface area contributed by atoms with Crippen LogP contribution in [-0.2, 0) is 26.2 Å². The maximum atomic E-state index is 14.3. The fourth-order valence-corrected chi connectivity index (χ4v) is 7.40. The first-order valence-corrected chi connectivity index (χ1v) is 17.7. The zero-order valence-electron chi connectivity index (χ0n) is 25.2. The average Bonchev–Trinajstić information content (AvgIpc) is 3.74. The monoisotopic (exact) mass is 690 g/mol. The molecule has 2 aromatic carbocycles. The van der Waals surface area contributed by atoms with E-state index in [9.17, 15) is 27.7 Å². The second-order valence-corrected chi connectivity index (χ2v) is 15.8. The minimum Gasteiger partial charge on any atom is -0.339 e. The predicted molar refractivity (Wildman–Crippen MR) is 173 cm³/mol. The van der Waals surface area contributed by atoms with Gasteiger partial charge >= 0.3 is 13.3 Å². The molecule has 0 aliphatic carbocycles. The van der Waals surface area contributed by atoms with Crippen LogP contribution in [0.15, 0.2) is 60.0 Å². The van der Waals surface area contributed by atoms with Gasteiger partial charge in [-0.25, -0.2) is 4.98 Å². The lowest BCUT2D eigenvalue weighted by molar-refractivity contribution is -0.140. The highest BCUT2D eigenvalue weighted by Gasteiger charge is 2.50. The van der Waals surface area contributed by atoms with E-state index in [1.165, 1.54) is 28.4 Å². The maximum Gasteiger partial charge on any atom is 0.399 e. The highest BCUT2D eigenvalue weighted by atomic mass is 32.1. The minimum atomic E-state index is -5.77. The van der Waals surface area contributed by atoms with Crippen LogP contribution in [0.2, 0.25) is 0 Å². The van der Waals surface area contributed by atoms with Crippen LogP contribution in [0.3, 0.4) is 0 Å². The molecule has 1 unspecified atom stereocenters. The number of thiophene rings is 1. The molecule has 0 spiro atoms. The minimum absolute atomic E-state index is 0.125. The summed E-state index contributed by atoms with van der Waals surface area (Å²) in [4.78, 5) is 65.0. The lowest BCUT2D eigenvalue weighted by Gasteiger charge is -2.35. The Labute approximate surface area is 272 Å². The molecular weight excluding hydrogens is 657 g/mol. The summed E-state index contributed by atoms with van der Waals surface area (Å²) in [5.41, 5.74) is -4.11. The van der Waals surface area contributed by atoms with E-state index >= 15 is 0 Å². The van der Waals surface area contributed by atoms with E-state index in [1.807, 2.05) is 35.7 Å². The normalized spacial score (nSPS) is 16.4. The largest absolute Gasteiger partial charge is 0.399 e. The third-order valence-corrected chi connectivity index (χ3v) is 10.6. The maximum absolute atomic E-state index is 14.3. The van der Waals surface area contributed by atoms with Crippen LogP contribution < -0.4 is 10.6 Å². The number of likely N-dealkylation sites (tertiary alicyclic amines) is 1. The molecule has 0 radical (unpaired) electrons. The molecule has 0 saturated carbocycles. The van der Waals surface area contributed by atoms with Crippen molar-refractivity contribution in [2.45, 2.75) is 57.8 Å². The van der Waals surface area contributed by atoms with Gasteiger partial charge in [-0.15, -0.1) is 22.7 Å². The number of amides is 3. The third-order valence-electron chi connectivity index (χ3n) is 7.69. The summed E-state index contributed by atoms with van der Waals surface area (Å²) >= 11 is 2.30. The van der Waals surface area contributed by atoms with Gasteiger partial charge in [0.25, 0.3) is 5.91 Å². The summed E-state index contributed by atoms with van der Waals surface area (Å²) in [6.07, 6.45) is 1.67. The summed E-state index contributed by atoms with van der Waals surface area (Å²) in [6.45, 7) is 5.68. The fraction of sp³-hybridized carbons (Fsp3) is 0.355. The number of nitrogens with zero attached hydrogens (tertiary/aromatic N) is 2. The van der Waals surface area contributed by atoms with Gasteiger partial charge in [0.2, 0.25) is 11.8 Å². The predicted octanol–water partition coefficient (Wildman–Crippen LogP) is 5.95. The molecule has 46 heavy (non-hydrogen) atoms. The van der Waals surface area contributed by atoms with Crippen molar-refractivity contribution in [3.8, 4) is 0 Å².